The summed E-state index contributed by atoms with van der Waals surface area (Å²) < 4.78 is 1.55. The molecule has 1 aliphatic rings. The fourth-order valence-electron chi connectivity index (χ4n) is 2.77. The number of hydrogen-bond donors (Lipinski definition) is 1. The van der Waals surface area contributed by atoms with Crippen LogP contribution in [0.2, 0.25) is 0 Å². The molecule has 2 heterocycles. The Kier molecular flexibility index (Phi) is 6.40. The van der Waals surface area contributed by atoms with Crippen molar-refractivity contribution in [3.63, 3.8) is 0 Å². The molecular weight excluding hydrogens is 398 g/mol. The second kappa shape index (κ2) is 8.78. The summed E-state index contributed by atoms with van der Waals surface area (Å²) in [5.74, 6) is -0.282. The summed E-state index contributed by atoms with van der Waals surface area (Å²) in [6.45, 7) is 6.50. The third kappa shape index (κ3) is 4.07. The Morgan fingerprint density at radius 3 is 2.75 bits per heavy atom. The maximum atomic E-state index is 12.6. The standard InChI is InChI=1S/C18H21N5O3S2/c1-4-22-15(25)11(3)28-18(22)21-20-14(24)10-27-17-19-13-9-7-6-8-12(13)16(26)23(17)5-2/h6-9,11H,4-5,10H2,1-3H3,(H,20,24)/b21-18-/t11-/m0/s1. The van der Waals surface area contributed by atoms with Gasteiger partial charge in [0.05, 0.1) is 21.9 Å². The zero-order valence-electron chi connectivity index (χ0n) is 15.8. The van der Waals surface area contributed by atoms with E-state index in [-0.39, 0.29) is 28.4 Å². The van der Waals surface area contributed by atoms with Gasteiger partial charge in [-0.15, -0.1) is 5.10 Å². The number of carbonyl (C=O) groups is 2. The summed E-state index contributed by atoms with van der Waals surface area (Å²) in [6, 6.07) is 7.15. The topological polar surface area (TPSA) is 96.7 Å². The number of amidine groups is 1. The van der Waals surface area contributed by atoms with E-state index in [0.29, 0.717) is 34.3 Å². The van der Waals surface area contributed by atoms with E-state index in [2.05, 4.69) is 15.5 Å². The molecule has 0 unspecified atom stereocenters. The Balaban J connectivity index is 1.70. The van der Waals surface area contributed by atoms with E-state index in [1.54, 1.807) is 27.7 Å². The molecule has 28 heavy (non-hydrogen) atoms. The van der Waals surface area contributed by atoms with E-state index < -0.39 is 0 Å². The monoisotopic (exact) mass is 419 g/mol. The molecule has 1 aromatic carbocycles. The van der Waals surface area contributed by atoms with E-state index in [0.717, 1.165) is 0 Å². The Hall–Kier alpha value is -2.33. The first kappa shape index (κ1) is 20.4. The number of carbonyl (C=O) groups excluding carboxylic acids is 2. The Labute approximate surface area is 170 Å². The quantitative estimate of drug-likeness (QED) is 0.436. The summed E-state index contributed by atoms with van der Waals surface area (Å²) in [4.78, 5) is 42.9. The third-order valence-corrected chi connectivity index (χ3v) is 6.25. The number of benzene rings is 1. The minimum atomic E-state index is -0.328. The highest BCUT2D eigenvalue weighted by Crippen LogP contribution is 2.26. The molecule has 2 amide bonds. The average molecular weight is 420 g/mol. The van der Waals surface area contributed by atoms with Gasteiger partial charge in [0.1, 0.15) is 0 Å². The molecule has 2 aromatic rings. The van der Waals surface area contributed by atoms with Crippen molar-refractivity contribution in [1.29, 1.82) is 0 Å². The van der Waals surface area contributed by atoms with Crippen LogP contribution >= 0.6 is 23.5 Å². The predicted octanol–water partition coefficient (Wildman–Crippen LogP) is 1.88. The molecule has 0 bridgehead atoms. The van der Waals surface area contributed by atoms with Crippen LogP contribution in [0.15, 0.2) is 39.3 Å². The van der Waals surface area contributed by atoms with Gasteiger partial charge in [0.25, 0.3) is 11.5 Å². The molecule has 0 aliphatic carbocycles. The second-order valence-electron chi connectivity index (χ2n) is 6.02. The molecule has 1 atom stereocenters. The lowest BCUT2D eigenvalue weighted by Gasteiger charge is -2.13. The number of nitrogens with zero attached hydrogens (tertiary/aromatic N) is 4. The van der Waals surface area contributed by atoms with Gasteiger partial charge in [0, 0.05) is 13.1 Å². The lowest BCUT2D eigenvalue weighted by Crippen LogP contribution is -2.33. The zero-order chi connectivity index (χ0) is 20.3. The fourth-order valence-corrected chi connectivity index (χ4v) is 4.62. The number of hydrazone groups is 1. The Bertz CT molecular complexity index is 1000. The Morgan fingerprint density at radius 1 is 1.29 bits per heavy atom. The van der Waals surface area contributed by atoms with E-state index in [1.807, 2.05) is 26.8 Å². The van der Waals surface area contributed by atoms with E-state index in [4.69, 9.17) is 0 Å². The normalized spacial score (nSPS) is 18.2. The number of aromatic nitrogens is 2. The van der Waals surface area contributed by atoms with Crippen molar-refractivity contribution < 1.29 is 9.59 Å². The Morgan fingerprint density at radius 2 is 2.04 bits per heavy atom. The van der Waals surface area contributed by atoms with Crippen molar-refractivity contribution in [2.45, 2.75) is 37.7 Å². The molecule has 1 N–H and O–H groups in total. The zero-order valence-corrected chi connectivity index (χ0v) is 17.5. The van der Waals surface area contributed by atoms with Crippen LogP contribution in [-0.2, 0) is 16.1 Å². The predicted molar refractivity (Wildman–Crippen MR) is 112 cm³/mol. The third-order valence-electron chi connectivity index (χ3n) is 4.19. The van der Waals surface area contributed by atoms with Crippen molar-refractivity contribution in [1.82, 2.24) is 19.9 Å². The summed E-state index contributed by atoms with van der Waals surface area (Å²) in [5.41, 5.74) is 2.97. The van der Waals surface area contributed by atoms with Gasteiger partial charge in [0.15, 0.2) is 10.3 Å². The molecule has 1 saturated heterocycles. The first-order chi connectivity index (χ1) is 13.5. The fraction of sp³-hybridized carbons (Fsp3) is 0.389. The molecule has 8 nitrogen and oxygen atoms in total. The maximum Gasteiger partial charge on any atom is 0.262 e. The molecule has 148 valence electrons. The minimum Gasteiger partial charge on any atom is -0.289 e. The smallest absolute Gasteiger partial charge is 0.262 e. The maximum absolute atomic E-state index is 12.6. The van der Waals surface area contributed by atoms with Gasteiger partial charge in [-0.3, -0.25) is 23.9 Å². The number of rotatable bonds is 6. The van der Waals surface area contributed by atoms with Gasteiger partial charge in [-0.1, -0.05) is 35.7 Å². The van der Waals surface area contributed by atoms with E-state index in [9.17, 15) is 14.4 Å². The number of fused-ring (bicyclic) bond motifs is 1. The summed E-state index contributed by atoms with van der Waals surface area (Å²) in [7, 11) is 0. The van der Waals surface area contributed by atoms with Crippen LogP contribution in [-0.4, -0.2) is 49.0 Å². The highest BCUT2D eigenvalue weighted by molar-refractivity contribution is 8.15. The highest BCUT2D eigenvalue weighted by Gasteiger charge is 2.34. The molecule has 1 fully saturated rings. The van der Waals surface area contributed by atoms with Crippen molar-refractivity contribution in [2.24, 2.45) is 5.10 Å². The lowest BCUT2D eigenvalue weighted by molar-refractivity contribution is -0.126. The molecule has 10 heteroatoms. The molecule has 0 spiro atoms. The largest absolute Gasteiger partial charge is 0.289 e. The van der Waals surface area contributed by atoms with Gasteiger partial charge in [-0.2, -0.15) is 0 Å². The van der Waals surface area contributed by atoms with Crippen LogP contribution in [0.1, 0.15) is 20.8 Å². The lowest BCUT2D eigenvalue weighted by atomic mass is 10.2. The summed E-state index contributed by atoms with van der Waals surface area (Å²) in [6.07, 6.45) is 0. The highest BCUT2D eigenvalue weighted by atomic mass is 32.2. The van der Waals surface area contributed by atoms with Crippen LogP contribution in [0.5, 0.6) is 0 Å². The first-order valence-corrected chi connectivity index (χ1v) is 10.8. The molecule has 0 radical (unpaired) electrons. The molecular formula is C18H21N5O3S2. The molecule has 0 saturated carbocycles. The van der Waals surface area contributed by atoms with Crippen molar-refractivity contribution in [2.75, 3.05) is 12.3 Å². The van der Waals surface area contributed by atoms with Crippen LogP contribution in [0.3, 0.4) is 0 Å². The number of nitrogens with one attached hydrogen (secondary N) is 1. The SMILES string of the molecule is CCN1C(=O)[C@H](C)S/C1=N\NC(=O)CSc1nc2ccccc2c(=O)n1CC. The van der Waals surface area contributed by atoms with E-state index >= 15 is 0 Å². The van der Waals surface area contributed by atoms with Gasteiger partial charge < -0.3 is 0 Å². The van der Waals surface area contributed by atoms with Crippen LogP contribution < -0.4 is 11.0 Å². The summed E-state index contributed by atoms with van der Waals surface area (Å²) in [5, 5.41) is 5.42. The first-order valence-electron chi connectivity index (χ1n) is 8.93. The molecule has 1 aromatic heterocycles. The van der Waals surface area contributed by atoms with E-state index in [1.165, 1.54) is 23.5 Å². The van der Waals surface area contributed by atoms with Gasteiger partial charge >= 0.3 is 0 Å². The van der Waals surface area contributed by atoms with Gasteiger partial charge in [-0.05, 0) is 32.9 Å². The number of amides is 2. The van der Waals surface area contributed by atoms with Crippen molar-refractivity contribution in [3.8, 4) is 0 Å². The van der Waals surface area contributed by atoms with Crippen molar-refractivity contribution >= 4 is 51.4 Å². The summed E-state index contributed by atoms with van der Waals surface area (Å²) >= 11 is 2.50. The van der Waals surface area contributed by atoms with Gasteiger partial charge in [-0.25, -0.2) is 10.4 Å². The number of para-hydroxylation sites is 1. The number of hydrogen-bond acceptors (Lipinski definition) is 7. The average Bonchev–Trinajstić information content (AvgIpc) is 2.98. The van der Waals surface area contributed by atoms with Gasteiger partial charge in [0.2, 0.25) is 5.91 Å². The molecule has 1 aliphatic heterocycles. The van der Waals surface area contributed by atoms with Crippen LogP contribution in [0.25, 0.3) is 10.9 Å². The second-order valence-corrected chi connectivity index (χ2v) is 8.27. The van der Waals surface area contributed by atoms with Crippen LogP contribution in [0.4, 0.5) is 0 Å². The minimum absolute atomic E-state index is 0.0119. The van der Waals surface area contributed by atoms with Crippen LogP contribution in [0, 0.1) is 0 Å². The van der Waals surface area contributed by atoms with Crippen molar-refractivity contribution in [3.05, 3.63) is 34.6 Å². The molecule has 3 rings (SSSR count). The number of thioether (sulfide) groups is 2.